The lowest BCUT2D eigenvalue weighted by atomic mass is 9.63. The molecular weight excluding hydrogens is 150 g/mol. The molecule has 0 aromatic heterocycles. The van der Waals surface area contributed by atoms with Gasteiger partial charge in [-0.15, -0.1) is 0 Å². The van der Waals surface area contributed by atoms with Gasteiger partial charge >= 0.3 is 0 Å². The normalized spacial score (nSPS) is 35.0. The molecule has 72 valence electrons. The maximum Gasteiger partial charge on any atom is 0.00874 e. The lowest BCUT2D eigenvalue weighted by molar-refractivity contribution is -0.0381. The summed E-state index contributed by atoms with van der Waals surface area (Å²) in [5.74, 6) is 0.637. The average molecular weight is 170 g/mol. The number of piperidine rings is 1. The first-order valence-electron chi connectivity index (χ1n) is 4.75. The van der Waals surface area contributed by atoms with Gasteiger partial charge in [0.05, 0.1) is 0 Å². The largest absolute Gasteiger partial charge is 0.785 e. The van der Waals surface area contributed by atoms with E-state index in [0.29, 0.717) is 12.5 Å². The maximum absolute atomic E-state index is 11.6. The summed E-state index contributed by atoms with van der Waals surface area (Å²) in [6.07, 6.45) is 1.03. The van der Waals surface area contributed by atoms with Crippen LogP contribution in [0.1, 0.15) is 41.0 Å². The molecule has 0 radical (unpaired) electrons. The highest BCUT2D eigenvalue weighted by molar-refractivity contribution is 5.01. The van der Waals surface area contributed by atoms with Gasteiger partial charge in [-0.2, -0.15) is 0 Å². The first-order chi connectivity index (χ1) is 5.30. The summed E-state index contributed by atoms with van der Waals surface area (Å²) >= 11 is 0. The van der Waals surface area contributed by atoms with Crippen LogP contribution in [0.2, 0.25) is 0 Å². The summed E-state index contributed by atoms with van der Waals surface area (Å²) in [5, 5.41) is 12.8. The van der Waals surface area contributed by atoms with Gasteiger partial charge in [0.25, 0.3) is 0 Å². The van der Waals surface area contributed by atoms with Crippen molar-refractivity contribution in [3.8, 4) is 0 Å². The van der Waals surface area contributed by atoms with Gasteiger partial charge in [-0.05, 0) is 38.1 Å². The highest BCUT2D eigenvalue weighted by atomic mass is 16.5. The molecule has 1 aliphatic heterocycles. The Morgan fingerprint density at radius 2 is 1.75 bits per heavy atom. The number of hydrogen-bond acceptors (Lipinski definition) is 2. The van der Waals surface area contributed by atoms with Crippen LogP contribution < -0.4 is 0 Å². The Labute approximate surface area is 75.5 Å². The van der Waals surface area contributed by atoms with Gasteiger partial charge in [0, 0.05) is 5.54 Å². The predicted molar refractivity (Wildman–Crippen MR) is 51.7 cm³/mol. The SMILES string of the molecule is CC1CCN([O-])C(C)(C)C1(C)C. The molecule has 0 saturated carbocycles. The number of hydroxylamine groups is 2. The lowest BCUT2D eigenvalue weighted by Crippen LogP contribution is -2.58. The van der Waals surface area contributed by atoms with Crippen molar-refractivity contribution in [3.63, 3.8) is 0 Å². The summed E-state index contributed by atoms with van der Waals surface area (Å²) in [6.45, 7) is 11.4. The van der Waals surface area contributed by atoms with E-state index in [1.807, 2.05) is 0 Å². The first kappa shape index (κ1) is 10.0. The topological polar surface area (TPSA) is 26.3 Å². The molecule has 1 unspecified atom stereocenters. The highest BCUT2D eigenvalue weighted by Gasteiger charge is 2.44. The van der Waals surface area contributed by atoms with E-state index < -0.39 is 0 Å². The Morgan fingerprint density at radius 3 is 2.17 bits per heavy atom. The molecule has 2 heteroatoms. The van der Waals surface area contributed by atoms with Gasteiger partial charge in [-0.3, -0.25) is 0 Å². The third-order valence-electron chi connectivity index (χ3n) is 4.20. The fourth-order valence-corrected chi connectivity index (χ4v) is 1.88. The summed E-state index contributed by atoms with van der Waals surface area (Å²) in [7, 11) is 0. The molecule has 12 heavy (non-hydrogen) atoms. The van der Waals surface area contributed by atoms with Crippen LogP contribution in [-0.4, -0.2) is 17.1 Å². The van der Waals surface area contributed by atoms with Crippen LogP contribution in [0.25, 0.3) is 0 Å². The van der Waals surface area contributed by atoms with Crippen LogP contribution >= 0.6 is 0 Å². The Bertz CT molecular complexity index is 155. The number of nitrogens with zero attached hydrogens (tertiary/aromatic N) is 1. The Balaban J connectivity index is 2.92. The quantitative estimate of drug-likeness (QED) is 0.558. The molecule has 1 atom stereocenters. The van der Waals surface area contributed by atoms with E-state index in [0.717, 1.165) is 6.42 Å². The molecule has 1 heterocycles. The monoisotopic (exact) mass is 170 g/mol. The molecule has 0 bridgehead atoms. The highest BCUT2D eigenvalue weighted by Crippen LogP contribution is 2.46. The van der Waals surface area contributed by atoms with E-state index in [2.05, 4.69) is 34.6 Å². The molecule has 1 saturated heterocycles. The zero-order valence-corrected chi connectivity index (χ0v) is 8.85. The Kier molecular flexibility index (Phi) is 2.26. The van der Waals surface area contributed by atoms with Crippen LogP contribution in [0.5, 0.6) is 0 Å². The second kappa shape index (κ2) is 2.71. The molecule has 1 aliphatic rings. The maximum atomic E-state index is 11.6. The van der Waals surface area contributed by atoms with Crippen molar-refractivity contribution < 1.29 is 0 Å². The van der Waals surface area contributed by atoms with Crippen molar-refractivity contribution in [2.24, 2.45) is 11.3 Å². The van der Waals surface area contributed by atoms with Gasteiger partial charge < -0.3 is 10.3 Å². The second-order valence-electron chi connectivity index (χ2n) is 5.07. The fraction of sp³-hybridized carbons (Fsp3) is 1.00. The molecule has 2 nitrogen and oxygen atoms in total. The molecular formula is C10H20NO-. The Morgan fingerprint density at radius 1 is 1.25 bits per heavy atom. The first-order valence-corrected chi connectivity index (χ1v) is 4.75. The van der Waals surface area contributed by atoms with Gasteiger partial charge in [0.1, 0.15) is 0 Å². The summed E-state index contributed by atoms with van der Waals surface area (Å²) in [6, 6.07) is 0. The van der Waals surface area contributed by atoms with Crippen molar-refractivity contribution in [3.05, 3.63) is 5.21 Å². The predicted octanol–water partition coefficient (Wildman–Crippen LogP) is 2.63. The Hall–Kier alpha value is -0.0800. The molecule has 0 aromatic rings. The van der Waals surface area contributed by atoms with Gasteiger partial charge in [0.15, 0.2) is 0 Å². The average Bonchev–Trinajstić information content (AvgIpc) is 1.96. The molecule has 0 aliphatic carbocycles. The second-order valence-corrected chi connectivity index (χ2v) is 5.07. The molecule has 1 fully saturated rings. The summed E-state index contributed by atoms with van der Waals surface area (Å²) in [4.78, 5) is 0. The fourth-order valence-electron chi connectivity index (χ4n) is 1.88. The van der Waals surface area contributed by atoms with Gasteiger partial charge in [-0.25, -0.2) is 0 Å². The summed E-state index contributed by atoms with van der Waals surface area (Å²) in [5.41, 5.74) is -0.0995. The van der Waals surface area contributed by atoms with E-state index in [4.69, 9.17) is 0 Å². The third kappa shape index (κ3) is 1.17. The minimum absolute atomic E-state index is 0.118. The number of rotatable bonds is 0. The molecule has 1 rings (SSSR count). The molecule has 0 amide bonds. The van der Waals surface area contributed by atoms with Crippen LogP contribution in [0.3, 0.4) is 0 Å². The van der Waals surface area contributed by atoms with Crippen molar-refractivity contribution in [2.45, 2.75) is 46.6 Å². The van der Waals surface area contributed by atoms with Crippen LogP contribution in [-0.2, 0) is 0 Å². The van der Waals surface area contributed by atoms with E-state index in [1.54, 1.807) is 0 Å². The van der Waals surface area contributed by atoms with E-state index in [1.165, 1.54) is 5.06 Å². The van der Waals surface area contributed by atoms with Gasteiger partial charge in [-0.1, -0.05) is 20.8 Å². The van der Waals surface area contributed by atoms with Crippen molar-refractivity contribution >= 4 is 0 Å². The van der Waals surface area contributed by atoms with Crippen LogP contribution in [0.4, 0.5) is 0 Å². The minimum atomic E-state index is -0.218. The van der Waals surface area contributed by atoms with E-state index >= 15 is 0 Å². The van der Waals surface area contributed by atoms with Crippen LogP contribution in [0.15, 0.2) is 0 Å². The van der Waals surface area contributed by atoms with Crippen molar-refractivity contribution in [1.29, 1.82) is 0 Å². The zero-order chi connectivity index (χ0) is 9.57. The van der Waals surface area contributed by atoms with Crippen molar-refractivity contribution in [1.82, 2.24) is 5.06 Å². The van der Waals surface area contributed by atoms with Crippen LogP contribution in [0, 0.1) is 16.5 Å². The lowest BCUT2D eigenvalue weighted by Gasteiger charge is -2.60. The summed E-state index contributed by atoms with van der Waals surface area (Å²) < 4.78 is 0. The standard InChI is InChI=1S/C10H20NO/c1-8-6-7-11(12)10(4,5)9(8,2)3/h8H,6-7H2,1-5H3/q-1. The number of hydrogen-bond donors (Lipinski definition) is 0. The van der Waals surface area contributed by atoms with E-state index in [9.17, 15) is 5.21 Å². The minimum Gasteiger partial charge on any atom is -0.785 e. The molecule has 0 aromatic carbocycles. The third-order valence-corrected chi connectivity index (χ3v) is 4.20. The molecule has 0 spiro atoms. The van der Waals surface area contributed by atoms with Gasteiger partial charge in [0.2, 0.25) is 0 Å². The molecule has 0 N–H and O–H groups in total. The smallest absolute Gasteiger partial charge is 0.00874 e. The van der Waals surface area contributed by atoms with Crippen molar-refractivity contribution in [2.75, 3.05) is 6.54 Å². The zero-order valence-electron chi connectivity index (χ0n) is 8.85. The van der Waals surface area contributed by atoms with E-state index in [-0.39, 0.29) is 11.0 Å².